The minimum absolute atomic E-state index is 0.159. The number of nitrogens with zero attached hydrogens (tertiary/aromatic N) is 2. The molecule has 180 valence electrons. The predicted octanol–water partition coefficient (Wildman–Crippen LogP) is 4.43. The van der Waals surface area contributed by atoms with E-state index in [1.165, 1.54) is 52.6 Å². The fourth-order valence-electron chi connectivity index (χ4n) is 3.70. The summed E-state index contributed by atoms with van der Waals surface area (Å²) >= 11 is 1.43. The number of ether oxygens (including phenoxy) is 1. The Morgan fingerprint density at radius 1 is 1.06 bits per heavy atom. The molecule has 1 N–H and O–H groups in total. The summed E-state index contributed by atoms with van der Waals surface area (Å²) in [5, 5.41) is 4.56. The second-order valence-corrected chi connectivity index (χ2v) is 8.74. The molecule has 1 aliphatic heterocycles. The lowest BCUT2D eigenvalue weighted by atomic mass is 10.1. The molecule has 1 fully saturated rings. The zero-order chi connectivity index (χ0) is 24.9. The number of rotatable bonds is 8. The van der Waals surface area contributed by atoms with Crippen LogP contribution in [0.1, 0.15) is 28.6 Å². The lowest BCUT2D eigenvalue weighted by Gasteiger charge is -2.21. The average Bonchev–Trinajstić information content (AvgIpc) is 3.43. The highest BCUT2D eigenvalue weighted by Gasteiger charge is 2.46. The Balaban J connectivity index is 1.51. The number of carbonyl (C=O) groups is 4. The molecule has 0 bridgehead atoms. The summed E-state index contributed by atoms with van der Waals surface area (Å²) in [5.74, 6) is -2.00. The highest BCUT2D eigenvalue weighted by Crippen LogP contribution is 2.29. The van der Waals surface area contributed by atoms with Gasteiger partial charge in [0.25, 0.3) is 5.91 Å². The number of urea groups is 1. The Hall–Kier alpha value is -4.05. The van der Waals surface area contributed by atoms with Gasteiger partial charge in [0.2, 0.25) is 5.91 Å². The van der Waals surface area contributed by atoms with Gasteiger partial charge in [-0.1, -0.05) is 6.07 Å². The molecule has 3 aromatic rings. The van der Waals surface area contributed by atoms with Crippen LogP contribution in [0.25, 0.3) is 0 Å². The van der Waals surface area contributed by atoms with Gasteiger partial charge in [0.15, 0.2) is 0 Å². The first-order chi connectivity index (χ1) is 16.9. The van der Waals surface area contributed by atoms with Crippen molar-refractivity contribution in [2.24, 2.45) is 0 Å². The fourth-order valence-corrected chi connectivity index (χ4v) is 4.41. The number of anilines is 2. The van der Waals surface area contributed by atoms with Gasteiger partial charge in [-0.2, -0.15) is 0 Å². The maximum absolute atomic E-state index is 13.4. The zero-order valence-corrected chi connectivity index (χ0v) is 19.6. The highest BCUT2D eigenvalue weighted by atomic mass is 32.1. The summed E-state index contributed by atoms with van der Waals surface area (Å²) in [6, 6.07) is 13.3. The molecule has 2 heterocycles. The summed E-state index contributed by atoms with van der Waals surface area (Å²) in [7, 11) is 0. The number of esters is 1. The van der Waals surface area contributed by atoms with Crippen LogP contribution >= 0.6 is 11.3 Å². The van der Waals surface area contributed by atoms with Crippen molar-refractivity contribution >= 4 is 46.5 Å². The van der Waals surface area contributed by atoms with E-state index in [2.05, 4.69) is 5.32 Å². The molecular weight excluding hydrogens is 473 g/mol. The van der Waals surface area contributed by atoms with Gasteiger partial charge < -0.3 is 15.0 Å². The van der Waals surface area contributed by atoms with Gasteiger partial charge in [0.05, 0.1) is 30.8 Å². The molecular formula is C25H22FN3O5S. The number of amides is 4. The van der Waals surface area contributed by atoms with Crippen LogP contribution in [0, 0.1) is 5.82 Å². The summed E-state index contributed by atoms with van der Waals surface area (Å²) in [6.07, 6.45) is -0.271. The predicted molar refractivity (Wildman–Crippen MR) is 129 cm³/mol. The maximum atomic E-state index is 13.4. The molecule has 0 spiro atoms. The van der Waals surface area contributed by atoms with Crippen molar-refractivity contribution in [3.8, 4) is 0 Å². The number of nitrogens with one attached hydrogen (secondary N) is 1. The number of hydrogen-bond acceptors (Lipinski definition) is 6. The van der Waals surface area contributed by atoms with Gasteiger partial charge in [-0.3, -0.25) is 9.59 Å². The first kappa shape index (κ1) is 24.1. The quantitative estimate of drug-likeness (QED) is 0.368. The first-order valence-electron chi connectivity index (χ1n) is 10.9. The molecule has 0 radical (unpaired) electrons. The second kappa shape index (κ2) is 10.5. The van der Waals surface area contributed by atoms with E-state index < -0.39 is 35.7 Å². The largest absolute Gasteiger partial charge is 0.462 e. The monoisotopic (exact) mass is 495 g/mol. The van der Waals surface area contributed by atoms with E-state index in [1.807, 2.05) is 17.5 Å². The maximum Gasteiger partial charge on any atom is 0.338 e. The van der Waals surface area contributed by atoms with Gasteiger partial charge in [-0.15, -0.1) is 11.3 Å². The minimum atomic E-state index is -1.03. The average molecular weight is 496 g/mol. The minimum Gasteiger partial charge on any atom is -0.462 e. The highest BCUT2D eigenvalue weighted by molar-refractivity contribution is 7.09. The molecule has 0 aliphatic carbocycles. The Labute approximate surface area is 204 Å². The van der Waals surface area contributed by atoms with Gasteiger partial charge in [0, 0.05) is 10.6 Å². The van der Waals surface area contributed by atoms with Gasteiger partial charge in [0.1, 0.15) is 11.9 Å². The summed E-state index contributed by atoms with van der Waals surface area (Å²) in [5.41, 5.74) is 1.01. The SMILES string of the molecule is CCOC(=O)c1ccc(NC(=O)C[C@@H]2C(=O)N(c3ccc(F)cc3)C(=O)N2Cc2cccs2)cc1. The van der Waals surface area contributed by atoms with E-state index in [1.54, 1.807) is 19.1 Å². The van der Waals surface area contributed by atoms with Crippen LogP contribution < -0.4 is 10.2 Å². The molecule has 1 saturated heterocycles. The Kier molecular flexibility index (Phi) is 7.21. The van der Waals surface area contributed by atoms with Crippen LogP contribution in [-0.2, 0) is 20.9 Å². The fraction of sp³-hybridized carbons (Fsp3) is 0.200. The standard InChI is InChI=1S/C25H22FN3O5S/c1-2-34-24(32)16-5-9-18(10-6-16)27-22(30)14-21-23(31)29(19-11-7-17(26)8-12-19)25(33)28(21)15-20-4-3-13-35-20/h3-13,21H,2,14-15H2,1H3,(H,27,30)/t21-/m1/s1. The van der Waals surface area contributed by atoms with Crippen LogP contribution in [-0.4, -0.2) is 41.4 Å². The number of thiophene rings is 1. The number of benzene rings is 2. The van der Waals surface area contributed by atoms with Crippen LogP contribution in [0.4, 0.5) is 20.6 Å². The Bertz CT molecular complexity index is 1230. The van der Waals surface area contributed by atoms with Gasteiger partial charge >= 0.3 is 12.0 Å². The Morgan fingerprint density at radius 3 is 2.40 bits per heavy atom. The molecule has 0 unspecified atom stereocenters. The molecule has 2 aromatic carbocycles. The molecule has 4 amide bonds. The van der Waals surface area contributed by atoms with Crippen molar-refractivity contribution in [2.75, 3.05) is 16.8 Å². The molecule has 0 saturated carbocycles. The first-order valence-corrected chi connectivity index (χ1v) is 11.7. The van der Waals surface area contributed by atoms with Crippen LogP contribution in [0.15, 0.2) is 66.0 Å². The third-order valence-corrected chi connectivity index (χ3v) is 6.23. The van der Waals surface area contributed by atoms with Crippen molar-refractivity contribution in [1.29, 1.82) is 0 Å². The molecule has 8 nitrogen and oxygen atoms in total. The normalized spacial score (nSPS) is 15.4. The molecule has 1 atom stereocenters. The number of imide groups is 1. The van der Waals surface area contributed by atoms with Gasteiger partial charge in [-0.05, 0) is 66.9 Å². The topological polar surface area (TPSA) is 96.0 Å². The summed E-state index contributed by atoms with van der Waals surface area (Å²) < 4.78 is 18.3. The lowest BCUT2D eigenvalue weighted by molar-refractivity contribution is -0.124. The lowest BCUT2D eigenvalue weighted by Crippen LogP contribution is -2.37. The third kappa shape index (κ3) is 5.38. The van der Waals surface area contributed by atoms with Crippen molar-refractivity contribution in [2.45, 2.75) is 25.9 Å². The van der Waals surface area contributed by atoms with E-state index >= 15 is 0 Å². The van der Waals surface area contributed by atoms with E-state index in [0.717, 1.165) is 9.78 Å². The van der Waals surface area contributed by atoms with E-state index in [0.29, 0.717) is 11.3 Å². The van der Waals surface area contributed by atoms with Crippen molar-refractivity contribution < 1.29 is 28.3 Å². The molecule has 1 aliphatic rings. The number of carbonyl (C=O) groups excluding carboxylic acids is 4. The van der Waals surface area contributed by atoms with E-state index in [-0.39, 0.29) is 25.3 Å². The third-order valence-electron chi connectivity index (χ3n) is 5.37. The number of hydrogen-bond donors (Lipinski definition) is 1. The van der Waals surface area contributed by atoms with Crippen LogP contribution in [0.5, 0.6) is 0 Å². The zero-order valence-electron chi connectivity index (χ0n) is 18.8. The molecule has 10 heteroatoms. The summed E-state index contributed by atoms with van der Waals surface area (Å²) in [4.78, 5) is 54.2. The second-order valence-electron chi connectivity index (χ2n) is 7.71. The van der Waals surface area contributed by atoms with E-state index in [4.69, 9.17) is 4.74 Å². The Morgan fingerprint density at radius 2 is 1.77 bits per heavy atom. The van der Waals surface area contributed by atoms with Crippen molar-refractivity contribution in [1.82, 2.24) is 4.90 Å². The van der Waals surface area contributed by atoms with Crippen LogP contribution in [0.2, 0.25) is 0 Å². The smallest absolute Gasteiger partial charge is 0.338 e. The molecule has 1 aromatic heterocycles. The van der Waals surface area contributed by atoms with Crippen LogP contribution in [0.3, 0.4) is 0 Å². The van der Waals surface area contributed by atoms with Crippen molar-refractivity contribution in [3.63, 3.8) is 0 Å². The van der Waals surface area contributed by atoms with Crippen molar-refractivity contribution in [3.05, 3.63) is 82.3 Å². The summed E-state index contributed by atoms with van der Waals surface area (Å²) in [6.45, 7) is 2.12. The van der Waals surface area contributed by atoms with Gasteiger partial charge in [-0.25, -0.2) is 18.9 Å². The molecule has 35 heavy (non-hydrogen) atoms. The molecule has 4 rings (SSSR count). The van der Waals surface area contributed by atoms with E-state index in [9.17, 15) is 23.6 Å². The number of halogens is 1.